The van der Waals surface area contributed by atoms with Gasteiger partial charge in [0.2, 0.25) is 0 Å². The zero-order chi connectivity index (χ0) is 8.55. The first-order valence-corrected chi connectivity index (χ1v) is 3.73. The number of nitrogens with two attached hydrogens (primary N) is 2. The van der Waals surface area contributed by atoms with Crippen LogP contribution >= 0.6 is 0 Å². The van der Waals surface area contributed by atoms with Crippen molar-refractivity contribution in [1.29, 1.82) is 0 Å². The van der Waals surface area contributed by atoms with Gasteiger partial charge in [-0.15, -0.1) is 0 Å². The van der Waals surface area contributed by atoms with E-state index in [2.05, 4.69) is 10.2 Å². The molecule has 0 bridgehead atoms. The number of nitrogen functional groups attached to an aromatic ring is 1. The summed E-state index contributed by atoms with van der Waals surface area (Å²) in [7, 11) is 0. The lowest BCUT2D eigenvalue weighted by molar-refractivity contribution is 1.08. The summed E-state index contributed by atoms with van der Waals surface area (Å²) in [4.78, 5) is 0. The predicted octanol–water partition coefficient (Wildman–Crippen LogP) is 0.604. The Bertz CT molecular complexity index is 404. The Morgan fingerprint density at radius 2 is 2.25 bits per heavy atom. The van der Waals surface area contributed by atoms with Gasteiger partial charge in [0.1, 0.15) is 0 Å². The highest BCUT2D eigenvalue weighted by Gasteiger charge is 2.00. The van der Waals surface area contributed by atoms with Crippen LogP contribution in [0, 0.1) is 0 Å². The highest BCUT2D eigenvalue weighted by molar-refractivity contribution is 5.82. The van der Waals surface area contributed by atoms with Crippen molar-refractivity contribution >= 4 is 16.6 Å². The minimum Gasteiger partial charge on any atom is -0.398 e. The van der Waals surface area contributed by atoms with Gasteiger partial charge < -0.3 is 11.5 Å². The van der Waals surface area contributed by atoms with Crippen molar-refractivity contribution in [2.45, 2.75) is 6.54 Å². The van der Waals surface area contributed by atoms with E-state index >= 15 is 0 Å². The average Bonchev–Trinajstić information content (AvgIpc) is 2.49. The molecule has 0 radical (unpaired) electrons. The molecule has 1 aromatic heterocycles. The second-order valence-corrected chi connectivity index (χ2v) is 2.71. The fourth-order valence-corrected chi connectivity index (χ4v) is 1.23. The van der Waals surface area contributed by atoms with Crippen molar-refractivity contribution in [2.75, 3.05) is 5.73 Å². The van der Waals surface area contributed by atoms with Gasteiger partial charge in [0.05, 0.1) is 11.7 Å². The molecule has 0 amide bonds. The van der Waals surface area contributed by atoms with E-state index in [0.29, 0.717) is 12.2 Å². The van der Waals surface area contributed by atoms with Crippen molar-refractivity contribution in [3.05, 3.63) is 23.9 Å². The molecule has 0 spiro atoms. The van der Waals surface area contributed by atoms with Gasteiger partial charge >= 0.3 is 0 Å². The Labute approximate surface area is 69.6 Å². The van der Waals surface area contributed by atoms with Crippen LogP contribution < -0.4 is 11.5 Å². The number of nitrogens with one attached hydrogen (secondary N) is 1. The third-order valence-corrected chi connectivity index (χ3v) is 1.92. The maximum Gasteiger partial charge on any atom is 0.0671 e. The predicted molar refractivity (Wildman–Crippen MR) is 48.4 cm³/mol. The molecule has 62 valence electrons. The lowest BCUT2D eigenvalue weighted by Gasteiger charge is -2.01. The van der Waals surface area contributed by atoms with Crippen LogP contribution in [0.3, 0.4) is 0 Å². The first kappa shape index (κ1) is 7.12. The van der Waals surface area contributed by atoms with E-state index in [1.165, 1.54) is 0 Å². The fraction of sp³-hybridized carbons (Fsp3) is 0.125. The summed E-state index contributed by atoms with van der Waals surface area (Å²) < 4.78 is 0. The van der Waals surface area contributed by atoms with E-state index in [0.717, 1.165) is 16.5 Å². The third kappa shape index (κ3) is 0.931. The Morgan fingerprint density at radius 3 is 3.00 bits per heavy atom. The quantitative estimate of drug-likeness (QED) is 0.537. The first-order chi connectivity index (χ1) is 5.81. The summed E-state index contributed by atoms with van der Waals surface area (Å²) in [5.41, 5.74) is 13.9. The van der Waals surface area contributed by atoms with E-state index in [4.69, 9.17) is 11.5 Å². The van der Waals surface area contributed by atoms with Gasteiger partial charge in [-0.25, -0.2) is 0 Å². The minimum absolute atomic E-state index is 0.465. The number of fused-ring (bicyclic) bond motifs is 1. The minimum atomic E-state index is 0.465. The fourth-order valence-electron chi connectivity index (χ4n) is 1.23. The Morgan fingerprint density at radius 1 is 1.42 bits per heavy atom. The summed E-state index contributed by atoms with van der Waals surface area (Å²) in [6.45, 7) is 0.465. The van der Waals surface area contributed by atoms with Crippen LogP contribution in [-0.2, 0) is 6.54 Å². The molecule has 4 nitrogen and oxygen atoms in total. The lowest BCUT2D eigenvalue weighted by Crippen LogP contribution is -2.00. The molecule has 0 aliphatic rings. The maximum absolute atomic E-state index is 5.73. The van der Waals surface area contributed by atoms with Crippen LogP contribution in [-0.4, -0.2) is 10.2 Å². The van der Waals surface area contributed by atoms with E-state index in [9.17, 15) is 0 Å². The number of anilines is 1. The number of nitrogens with zero attached hydrogens (tertiary/aromatic N) is 1. The highest BCUT2D eigenvalue weighted by atomic mass is 15.1. The Balaban J connectivity index is 2.73. The second kappa shape index (κ2) is 2.49. The van der Waals surface area contributed by atoms with Gasteiger partial charge in [0.15, 0.2) is 0 Å². The van der Waals surface area contributed by atoms with E-state index in [1.807, 2.05) is 12.1 Å². The van der Waals surface area contributed by atoms with Gasteiger partial charge in [-0.2, -0.15) is 5.10 Å². The van der Waals surface area contributed by atoms with Gasteiger partial charge in [0, 0.05) is 17.6 Å². The molecule has 0 saturated heterocycles. The van der Waals surface area contributed by atoms with Crippen molar-refractivity contribution in [3.63, 3.8) is 0 Å². The van der Waals surface area contributed by atoms with Gasteiger partial charge in [-0.3, -0.25) is 5.10 Å². The molecular formula is C8H10N4. The van der Waals surface area contributed by atoms with E-state index in [1.54, 1.807) is 6.20 Å². The lowest BCUT2D eigenvalue weighted by atomic mass is 10.1. The average molecular weight is 162 g/mol. The maximum atomic E-state index is 5.73. The summed E-state index contributed by atoms with van der Waals surface area (Å²) in [5.74, 6) is 0. The molecule has 1 heterocycles. The smallest absolute Gasteiger partial charge is 0.0671 e. The normalized spacial score (nSPS) is 10.8. The summed E-state index contributed by atoms with van der Waals surface area (Å²) >= 11 is 0. The highest BCUT2D eigenvalue weighted by Crippen LogP contribution is 2.19. The van der Waals surface area contributed by atoms with Crippen LogP contribution in [0.4, 0.5) is 5.69 Å². The molecule has 0 atom stereocenters. The zero-order valence-electron chi connectivity index (χ0n) is 6.54. The van der Waals surface area contributed by atoms with Crippen LogP contribution in [0.25, 0.3) is 10.9 Å². The number of benzene rings is 1. The third-order valence-electron chi connectivity index (χ3n) is 1.92. The molecule has 0 aliphatic carbocycles. The SMILES string of the molecule is NCc1cc2cn[nH]c2cc1N. The van der Waals surface area contributed by atoms with Gasteiger partial charge in [-0.1, -0.05) is 0 Å². The van der Waals surface area contributed by atoms with Crippen LogP contribution in [0.1, 0.15) is 5.56 Å². The van der Waals surface area contributed by atoms with Gasteiger partial charge in [-0.05, 0) is 17.7 Å². The zero-order valence-corrected chi connectivity index (χ0v) is 6.54. The Hall–Kier alpha value is -1.55. The number of hydrogen-bond acceptors (Lipinski definition) is 3. The molecule has 4 heteroatoms. The molecule has 0 saturated carbocycles. The summed E-state index contributed by atoms with van der Waals surface area (Å²) in [5, 5.41) is 7.78. The largest absolute Gasteiger partial charge is 0.398 e. The molecular weight excluding hydrogens is 152 g/mol. The molecule has 12 heavy (non-hydrogen) atoms. The van der Waals surface area contributed by atoms with Crippen LogP contribution in [0.5, 0.6) is 0 Å². The summed E-state index contributed by atoms with van der Waals surface area (Å²) in [6, 6.07) is 3.80. The molecule has 0 aliphatic heterocycles. The monoisotopic (exact) mass is 162 g/mol. The number of hydrogen-bond donors (Lipinski definition) is 3. The molecule has 2 rings (SSSR count). The van der Waals surface area contributed by atoms with Crippen LogP contribution in [0.15, 0.2) is 18.3 Å². The van der Waals surface area contributed by atoms with Crippen LogP contribution in [0.2, 0.25) is 0 Å². The van der Waals surface area contributed by atoms with Gasteiger partial charge in [0.25, 0.3) is 0 Å². The second-order valence-electron chi connectivity index (χ2n) is 2.71. The van der Waals surface area contributed by atoms with E-state index in [-0.39, 0.29) is 0 Å². The molecule has 0 fully saturated rings. The first-order valence-electron chi connectivity index (χ1n) is 3.73. The Kier molecular flexibility index (Phi) is 1.48. The topological polar surface area (TPSA) is 80.7 Å². The van der Waals surface area contributed by atoms with Crippen molar-refractivity contribution in [1.82, 2.24) is 10.2 Å². The van der Waals surface area contributed by atoms with Crippen molar-refractivity contribution in [2.24, 2.45) is 5.73 Å². The number of H-pyrrole nitrogens is 1. The number of aromatic nitrogens is 2. The van der Waals surface area contributed by atoms with E-state index < -0.39 is 0 Å². The van der Waals surface area contributed by atoms with Crippen molar-refractivity contribution < 1.29 is 0 Å². The standard InChI is InChI=1S/C8H10N4/c9-3-5-1-6-4-11-12-8(6)2-7(5)10/h1-2,4H,3,9-10H2,(H,11,12). The molecule has 2 aromatic rings. The number of rotatable bonds is 1. The molecule has 1 aromatic carbocycles. The van der Waals surface area contributed by atoms with Crippen molar-refractivity contribution in [3.8, 4) is 0 Å². The molecule has 0 unspecified atom stereocenters. The number of aromatic amines is 1. The summed E-state index contributed by atoms with van der Waals surface area (Å²) in [6.07, 6.45) is 1.76. The molecule has 5 N–H and O–H groups in total.